The highest BCUT2D eigenvalue weighted by Gasteiger charge is 2.10. The van der Waals surface area contributed by atoms with Crippen LogP contribution < -0.4 is 5.32 Å². The number of hydrogen-bond acceptors (Lipinski definition) is 3. The van der Waals surface area contributed by atoms with Gasteiger partial charge in [-0.2, -0.15) is 5.10 Å². The van der Waals surface area contributed by atoms with Crippen LogP contribution in [0.5, 0.6) is 0 Å². The smallest absolute Gasteiger partial charge is 0.260 e. The van der Waals surface area contributed by atoms with E-state index >= 15 is 0 Å². The second-order valence-corrected chi connectivity index (χ2v) is 4.26. The van der Waals surface area contributed by atoms with Gasteiger partial charge in [-0.3, -0.25) is 4.79 Å². The van der Waals surface area contributed by atoms with Crippen LogP contribution in [0, 0.1) is 5.92 Å². The number of aromatic nitrogens is 2. The van der Waals surface area contributed by atoms with Crippen molar-refractivity contribution in [2.75, 3.05) is 5.32 Å². The molecule has 0 saturated heterocycles. The third-order valence-corrected chi connectivity index (χ3v) is 2.28. The lowest BCUT2D eigenvalue weighted by molar-refractivity contribution is 0.102. The third-order valence-electron chi connectivity index (χ3n) is 2.28. The van der Waals surface area contributed by atoms with E-state index in [0.717, 1.165) is 6.54 Å². The maximum absolute atomic E-state index is 11.8. The maximum Gasteiger partial charge on any atom is 0.260 e. The molecule has 0 fully saturated rings. The average Bonchev–Trinajstić information content (AvgIpc) is 2.89. The van der Waals surface area contributed by atoms with Gasteiger partial charge in [-0.15, -0.1) is 0 Å². The Balaban J connectivity index is 2.08. The van der Waals surface area contributed by atoms with Crippen molar-refractivity contribution in [3.63, 3.8) is 0 Å². The Labute approximate surface area is 99.4 Å². The fourth-order valence-electron chi connectivity index (χ4n) is 1.51. The molecule has 0 aliphatic heterocycles. The van der Waals surface area contributed by atoms with E-state index in [-0.39, 0.29) is 5.91 Å². The van der Waals surface area contributed by atoms with Gasteiger partial charge in [-0.05, 0) is 12.0 Å². The minimum Gasteiger partial charge on any atom is -0.472 e. The minimum atomic E-state index is -0.191. The first-order valence-electron chi connectivity index (χ1n) is 5.52. The van der Waals surface area contributed by atoms with Crippen molar-refractivity contribution < 1.29 is 9.21 Å². The molecule has 0 aromatic carbocycles. The Kier molecular flexibility index (Phi) is 3.27. The van der Waals surface area contributed by atoms with Crippen molar-refractivity contribution in [2.24, 2.45) is 5.92 Å². The van der Waals surface area contributed by atoms with E-state index in [1.165, 1.54) is 12.5 Å². The summed E-state index contributed by atoms with van der Waals surface area (Å²) in [5, 5.41) is 6.97. The summed E-state index contributed by atoms with van der Waals surface area (Å²) in [7, 11) is 0. The highest BCUT2D eigenvalue weighted by molar-refractivity contribution is 6.03. The zero-order valence-corrected chi connectivity index (χ0v) is 9.88. The number of anilines is 1. The molecule has 2 rings (SSSR count). The number of hydrogen-bond donors (Lipinski definition) is 1. The molecule has 17 heavy (non-hydrogen) atoms. The van der Waals surface area contributed by atoms with Gasteiger partial charge in [0.25, 0.3) is 5.91 Å². The largest absolute Gasteiger partial charge is 0.472 e. The van der Waals surface area contributed by atoms with Gasteiger partial charge in [-0.1, -0.05) is 13.8 Å². The molecule has 0 spiro atoms. The van der Waals surface area contributed by atoms with Gasteiger partial charge in [0.1, 0.15) is 12.1 Å². The van der Waals surface area contributed by atoms with Crippen LogP contribution in [0.25, 0.3) is 0 Å². The normalized spacial score (nSPS) is 10.8. The van der Waals surface area contributed by atoms with E-state index in [0.29, 0.717) is 17.3 Å². The lowest BCUT2D eigenvalue weighted by Gasteiger charge is -2.10. The fourth-order valence-corrected chi connectivity index (χ4v) is 1.51. The molecule has 0 aliphatic carbocycles. The molecule has 0 radical (unpaired) electrons. The highest BCUT2D eigenvalue weighted by atomic mass is 16.3. The number of furan rings is 1. The molecule has 2 aromatic rings. The third kappa shape index (κ3) is 2.75. The van der Waals surface area contributed by atoms with Gasteiger partial charge in [0.05, 0.1) is 18.0 Å². The quantitative estimate of drug-likeness (QED) is 0.882. The van der Waals surface area contributed by atoms with Gasteiger partial charge >= 0.3 is 0 Å². The molecule has 90 valence electrons. The van der Waals surface area contributed by atoms with E-state index in [4.69, 9.17) is 4.42 Å². The summed E-state index contributed by atoms with van der Waals surface area (Å²) in [5.41, 5.74) is 0.502. The molecule has 2 heterocycles. The van der Waals surface area contributed by atoms with Crippen molar-refractivity contribution in [2.45, 2.75) is 20.4 Å². The Morgan fingerprint density at radius 1 is 1.53 bits per heavy atom. The standard InChI is InChI=1S/C12H15N3O2/c1-9(2)7-15-11(3-5-13-15)14-12(16)10-4-6-17-8-10/h3-6,8-9H,7H2,1-2H3,(H,14,16). The van der Waals surface area contributed by atoms with Gasteiger partial charge in [-0.25, -0.2) is 4.68 Å². The summed E-state index contributed by atoms with van der Waals surface area (Å²) in [6.07, 6.45) is 4.56. The molecule has 5 nitrogen and oxygen atoms in total. The first-order valence-corrected chi connectivity index (χ1v) is 5.52. The maximum atomic E-state index is 11.8. The van der Waals surface area contributed by atoms with Crippen molar-refractivity contribution in [3.05, 3.63) is 36.4 Å². The summed E-state index contributed by atoms with van der Waals surface area (Å²) >= 11 is 0. The van der Waals surface area contributed by atoms with Crippen LogP contribution in [0.3, 0.4) is 0 Å². The van der Waals surface area contributed by atoms with Crippen LogP contribution in [-0.2, 0) is 6.54 Å². The molecule has 0 unspecified atom stereocenters. The van der Waals surface area contributed by atoms with E-state index in [2.05, 4.69) is 24.3 Å². The number of amides is 1. The van der Waals surface area contributed by atoms with Crippen LogP contribution in [0.2, 0.25) is 0 Å². The SMILES string of the molecule is CC(C)Cn1nccc1NC(=O)c1ccoc1. The monoisotopic (exact) mass is 233 g/mol. The van der Waals surface area contributed by atoms with Crippen molar-refractivity contribution in [1.29, 1.82) is 0 Å². The number of rotatable bonds is 4. The summed E-state index contributed by atoms with van der Waals surface area (Å²) in [6, 6.07) is 3.40. The molecule has 2 aromatic heterocycles. The molecule has 0 aliphatic rings. The summed E-state index contributed by atoms with van der Waals surface area (Å²) in [5.74, 6) is 0.980. The average molecular weight is 233 g/mol. The molecule has 1 N–H and O–H groups in total. The second-order valence-electron chi connectivity index (χ2n) is 4.26. The van der Waals surface area contributed by atoms with Gasteiger partial charge in [0, 0.05) is 12.6 Å². The Hall–Kier alpha value is -2.04. The topological polar surface area (TPSA) is 60.1 Å². The number of carbonyl (C=O) groups excluding carboxylic acids is 1. The predicted molar refractivity (Wildman–Crippen MR) is 63.7 cm³/mol. The van der Waals surface area contributed by atoms with E-state index in [1.807, 2.05) is 0 Å². The van der Waals surface area contributed by atoms with Crippen molar-refractivity contribution in [3.8, 4) is 0 Å². The Bertz CT molecular complexity index is 486. The first kappa shape index (κ1) is 11.4. The molecular weight excluding hydrogens is 218 g/mol. The van der Waals surface area contributed by atoms with Crippen LogP contribution >= 0.6 is 0 Å². The van der Waals surface area contributed by atoms with Crippen LogP contribution in [0.4, 0.5) is 5.82 Å². The zero-order valence-electron chi connectivity index (χ0n) is 9.88. The lowest BCUT2D eigenvalue weighted by atomic mass is 10.2. The highest BCUT2D eigenvalue weighted by Crippen LogP contribution is 2.11. The Morgan fingerprint density at radius 2 is 2.35 bits per heavy atom. The van der Waals surface area contributed by atoms with Gasteiger partial charge < -0.3 is 9.73 Å². The number of carbonyl (C=O) groups is 1. The van der Waals surface area contributed by atoms with Crippen LogP contribution in [0.1, 0.15) is 24.2 Å². The number of nitrogens with zero attached hydrogens (tertiary/aromatic N) is 2. The predicted octanol–water partition coefficient (Wildman–Crippen LogP) is 2.38. The number of nitrogens with one attached hydrogen (secondary N) is 1. The van der Waals surface area contributed by atoms with Crippen molar-refractivity contribution >= 4 is 11.7 Å². The van der Waals surface area contributed by atoms with Gasteiger partial charge in [0.2, 0.25) is 0 Å². The summed E-state index contributed by atoms with van der Waals surface area (Å²) in [4.78, 5) is 11.8. The molecule has 5 heteroatoms. The molecule has 1 amide bonds. The van der Waals surface area contributed by atoms with Gasteiger partial charge in [0.15, 0.2) is 0 Å². The molecule has 0 atom stereocenters. The van der Waals surface area contributed by atoms with Crippen LogP contribution in [-0.4, -0.2) is 15.7 Å². The van der Waals surface area contributed by atoms with E-state index < -0.39 is 0 Å². The zero-order chi connectivity index (χ0) is 12.3. The minimum absolute atomic E-state index is 0.191. The van der Waals surface area contributed by atoms with E-state index in [9.17, 15) is 4.79 Å². The molecule has 0 saturated carbocycles. The molecule has 0 bridgehead atoms. The van der Waals surface area contributed by atoms with E-state index in [1.54, 1.807) is 23.0 Å². The lowest BCUT2D eigenvalue weighted by Crippen LogP contribution is -2.16. The Morgan fingerprint density at radius 3 is 3.00 bits per heavy atom. The first-order chi connectivity index (χ1) is 8.16. The summed E-state index contributed by atoms with van der Waals surface area (Å²) < 4.78 is 6.65. The molecular formula is C12H15N3O2. The van der Waals surface area contributed by atoms with Crippen LogP contribution in [0.15, 0.2) is 35.3 Å². The van der Waals surface area contributed by atoms with Crippen molar-refractivity contribution in [1.82, 2.24) is 9.78 Å². The fraction of sp³-hybridized carbons (Fsp3) is 0.333. The summed E-state index contributed by atoms with van der Waals surface area (Å²) in [6.45, 7) is 4.97. The second kappa shape index (κ2) is 4.86.